The highest BCUT2D eigenvalue weighted by molar-refractivity contribution is 9.10. The summed E-state index contributed by atoms with van der Waals surface area (Å²) in [4.78, 5) is 2.04. The number of hydrogen-bond donors (Lipinski definition) is 0. The van der Waals surface area contributed by atoms with Crippen LogP contribution >= 0.6 is 27.5 Å². The lowest BCUT2D eigenvalue weighted by Crippen LogP contribution is -2.08. The van der Waals surface area contributed by atoms with Crippen LogP contribution in [0.3, 0.4) is 0 Å². The van der Waals surface area contributed by atoms with Crippen LogP contribution in [-0.2, 0) is 5.88 Å². The van der Waals surface area contributed by atoms with Crippen molar-refractivity contribution >= 4 is 33.2 Å². The predicted molar refractivity (Wildman–Crippen MR) is 84.5 cm³/mol. The van der Waals surface area contributed by atoms with Crippen molar-refractivity contribution in [1.82, 2.24) is 0 Å². The number of nitrogens with zero attached hydrogens (tertiary/aromatic N) is 1. The lowest BCUT2D eigenvalue weighted by molar-refractivity contribution is 0.479. The summed E-state index contributed by atoms with van der Waals surface area (Å²) in [6.45, 7) is 0. The highest BCUT2D eigenvalue weighted by Crippen LogP contribution is 2.32. The molecule has 4 heteroatoms. The van der Waals surface area contributed by atoms with Crippen molar-refractivity contribution in [2.24, 2.45) is 0 Å². The van der Waals surface area contributed by atoms with Crippen LogP contribution in [0.4, 0.5) is 5.69 Å². The number of anilines is 1. The van der Waals surface area contributed by atoms with E-state index in [0.29, 0.717) is 5.88 Å². The Morgan fingerprint density at radius 1 is 1.16 bits per heavy atom. The summed E-state index contributed by atoms with van der Waals surface area (Å²) in [7, 11) is 4.01. The minimum Gasteiger partial charge on any atom is -0.456 e. The van der Waals surface area contributed by atoms with E-state index in [1.165, 1.54) is 0 Å². The Labute approximate surface area is 127 Å². The van der Waals surface area contributed by atoms with Gasteiger partial charge >= 0.3 is 0 Å². The van der Waals surface area contributed by atoms with Gasteiger partial charge in [0.15, 0.2) is 0 Å². The van der Waals surface area contributed by atoms with Gasteiger partial charge in [0, 0.05) is 31.7 Å². The molecule has 0 bridgehead atoms. The van der Waals surface area contributed by atoms with Gasteiger partial charge in [-0.15, -0.1) is 11.6 Å². The van der Waals surface area contributed by atoms with Crippen molar-refractivity contribution in [2.75, 3.05) is 19.0 Å². The van der Waals surface area contributed by atoms with Gasteiger partial charge in [-0.3, -0.25) is 0 Å². The maximum absolute atomic E-state index is 5.88. The van der Waals surface area contributed by atoms with Crippen LogP contribution in [-0.4, -0.2) is 14.1 Å². The molecule has 0 radical (unpaired) electrons. The zero-order valence-corrected chi connectivity index (χ0v) is 13.2. The third kappa shape index (κ3) is 3.64. The highest BCUT2D eigenvalue weighted by atomic mass is 79.9. The first-order valence-corrected chi connectivity index (χ1v) is 7.22. The molecular formula is C15H15BrClNO. The lowest BCUT2D eigenvalue weighted by Gasteiger charge is -2.14. The minimum atomic E-state index is 0.495. The molecule has 0 unspecified atom stereocenters. The summed E-state index contributed by atoms with van der Waals surface area (Å²) in [5.74, 6) is 2.09. The fraction of sp³-hybridized carbons (Fsp3) is 0.200. The van der Waals surface area contributed by atoms with E-state index in [1.807, 2.05) is 61.5 Å². The Balaban J connectivity index is 2.23. The number of halogens is 2. The SMILES string of the molecule is CN(C)c1cccc(Oc2ccc(CCl)cc2Br)c1. The van der Waals surface area contributed by atoms with E-state index in [9.17, 15) is 0 Å². The fourth-order valence-corrected chi connectivity index (χ4v) is 2.34. The van der Waals surface area contributed by atoms with Gasteiger partial charge in [-0.25, -0.2) is 0 Å². The molecule has 0 saturated carbocycles. The van der Waals surface area contributed by atoms with Gasteiger partial charge in [-0.1, -0.05) is 12.1 Å². The van der Waals surface area contributed by atoms with Crippen molar-refractivity contribution in [3.05, 3.63) is 52.5 Å². The molecule has 0 saturated heterocycles. The summed E-state index contributed by atoms with van der Waals surface area (Å²) in [5.41, 5.74) is 2.16. The monoisotopic (exact) mass is 339 g/mol. The van der Waals surface area contributed by atoms with Crippen LogP contribution < -0.4 is 9.64 Å². The quantitative estimate of drug-likeness (QED) is 0.722. The fourth-order valence-electron chi connectivity index (χ4n) is 1.66. The van der Waals surface area contributed by atoms with Crippen molar-refractivity contribution in [2.45, 2.75) is 5.88 Å². The summed E-state index contributed by atoms with van der Waals surface area (Å²) < 4.78 is 6.79. The maximum atomic E-state index is 5.88. The first-order chi connectivity index (χ1) is 9.10. The third-order valence-electron chi connectivity index (χ3n) is 2.71. The molecular weight excluding hydrogens is 326 g/mol. The topological polar surface area (TPSA) is 12.5 Å². The molecule has 2 nitrogen and oxygen atoms in total. The molecule has 0 aliphatic carbocycles. The first-order valence-electron chi connectivity index (χ1n) is 5.90. The van der Waals surface area contributed by atoms with E-state index in [4.69, 9.17) is 16.3 Å². The molecule has 2 rings (SSSR count). The van der Waals surface area contributed by atoms with Gasteiger partial charge in [0.1, 0.15) is 11.5 Å². The molecule has 0 aliphatic heterocycles. The van der Waals surface area contributed by atoms with Gasteiger partial charge in [0.25, 0.3) is 0 Å². The second kappa shape index (κ2) is 6.31. The molecule has 0 atom stereocenters. The molecule has 2 aromatic carbocycles. The number of hydrogen-bond acceptors (Lipinski definition) is 2. The number of alkyl halides is 1. The maximum Gasteiger partial charge on any atom is 0.141 e. The third-order valence-corrected chi connectivity index (χ3v) is 3.64. The second-order valence-corrected chi connectivity index (χ2v) is 5.51. The average molecular weight is 341 g/mol. The zero-order valence-electron chi connectivity index (χ0n) is 10.9. The summed E-state index contributed by atoms with van der Waals surface area (Å²) in [6, 6.07) is 13.8. The standard InChI is InChI=1S/C15H15BrClNO/c1-18(2)12-4-3-5-13(9-12)19-15-7-6-11(10-17)8-14(15)16/h3-9H,10H2,1-2H3. The Kier molecular flexibility index (Phi) is 4.72. The van der Waals surface area contributed by atoms with Crippen molar-refractivity contribution in [1.29, 1.82) is 0 Å². The predicted octanol–water partition coefficient (Wildman–Crippen LogP) is 5.05. The number of rotatable bonds is 4. The zero-order chi connectivity index (χ0) is 13.8. The van der Waals surface area contributed by atoms with Crippen LogP contribution in [0.1, 0.15) is 5.56 Å². The average Bonchev–Trinajstić information content (AvgIpc) is 2.41. The van der Waals surface area contributed by atoms with Crippen molar-refractivity contribution in [3.63, 3.8) is 0 Å². The molecule has 2 aromatic rings. The molecule has 0 spiro atoms. The highest BCUT2D eigenvalue weighted by Gasteiger charge is 2.05. The molecule has 0 N–H and O–H groups in total. The Hall–Kier alpha value is -1.19. The molecule has 0 aromatic heterocycles. The van der Waals surface area contributed by atoms with E-state index in [2.05, 4.69) is 15.9 Å². The van der Waals surface area contributed by atoms with E-state index in [0.717, 1.165) is 27.2 Å². The van der Waals surface area contributed by atoms with Gasteiger partial charge in [0.2, 0.25) is 0 Å². The normalized spacial score (nSPS) is 10.3. The van der Waals surface area contributed by atoms with Crippen LogP contribution in [0.2, 0.25) is 0 Å². The Morgan fingerprint density at radius 2 is 1.95 bits per heavy atom. The largest absolute Gasteiger partial charge is 0.456 e. The van der Waals surface area contributed by atoms with Gasteiger partial charge in [-0.05, 0) is 45.8 Å². The molecule has 100 valence electrons. The number of benzene rings is 2. The smallest absolute Gasteiger partial charge is 0.141 e. The van der Waals surface area contributed by atoms with Crippen LogP contribution in [0.5, 0.6) is 11.5 Å². The van der Waals surface area contributed by atoms with Gasteiger partial charge in [-0.2, -0.15) is 0 Å². The number of ether oxygens (including phenoxy) is 1. The van der Waals surface area contributed by atoms with Crippen molar-refractivity contribution in [3.8, 4) is 11.5 Å². The Bertz CT molecular complexity index is 572. The van der Waals surface area contributed by atoms with E-state index in [1.54, 1.807) is 0 Å². The summed E-state index contributed by atoms with van der Waals surface area (Å²) in [5, 5.41) is 0. The summed E-state index contributed by atoms with van der Waals surface area (Å²) in [6.07, 6.45) is 0. The van der Waals surface area contributed by atoms with Crippen molar-refractivity contribution < 1.29 is 4.74 Å². The molecule has 0 aliphatic rings. The van der Waals surface area contributed by atoms with Crippen LogP contribution in [0.15, 0.2) is 46.9 Å². The first kappa shape index (κ1) is 14.2. The minimum absolute atomic E-state index is 0.495. The van der Waals surface area contributed by atoms with E-state index in [-0.39, 0.29) is 0 Å². The molecule has 0 fully saturated rings. The molecule has 0 amide bonds. The lowest BCUT2D eigenvalue weighted by atomic mass is 10.2. The van der Waals surface area contributed by atoms with E-state index < -0.39 is 0 Å². The Morgan fingerprint density at radius 3 is 2.58 bits per heavy atom. The van der Waals surface area contributed by atoms with E-state index >= 15 is 0 Å². The van der Waals surface area contributed by atoms with Crippen LogP contribution in [0.25, 0.3) is 0 Å². The second-order valence-electron chi connectivity index (χ2n) is 4.39. The molecule has 0 heterocycles. The van der Waals surface area contributed by atoms with Gasteiger partial charge < -0.3 is 9.64 Å². The van der Waals surface area contributed by atoms with Gasteiger partial charge in [0.05, 0.1) is 4.47 Å². The summed E-state index contributed by atoms with van der Waals surface area (Å²) >= 11 is 9.30. The van der Waals surface area contributed by atoms with Crippen LogP contribution in [0, 0.1) is 0 Å². The molecule has 19 heavy (non-hydrogen) atoms.